The van der Waals surface area contributed by atoms with E-state index in [2.05, 4.69) is 51.6 Å². The van der Waals surface area contributed by atoms with Crippen LogP contribution in [-0.4, -0.2) is 19.9 Å². The lowest BCUT2D eigenvalue weighted by atomic mass is 9.99. The molecule has 6 aromatic rings. The van der Waals surface area contributed by atoms with Crippen molar-refractivity contribution in [3.05, 3.63) is 97.5 Å². The predicted octanol–water partition coefficient (Wildman–Crippen LogP) is 5.86. The first-order chi connectivity index (χ1) is 14.9. The lowest BCUT2D eigenvalue weighted by molar-refractivity contribution is 1.19. The highest BCUT2D eigenvalue weighted by molar-refractivity contribution is 6.07. The van der Waals surface area contributed by atoms with Crippen LogP contribution in [0.4, 0.5) is 0 Å². The Hall–Kier alpha value is -4.18. The Morgan fingerprint density at radius 2 is 1.43 bits per heavy atom. The molecule has 0 aliphatic heterocycles. The van der Waals surface area contributed by atoms with Gasteiger partial charge in [-0.15, -0.1) is 0 Å². The molecule has 0 fully saturated rings. The third-order valence-electron chi connectivity index (χ3n) is 5.38. The molecular weight excluding hydrogens is 368 g/mol. The molecule has 6 rings (SSSR count). The quantitative estimate of drug-likeness (QED) is 0.376. The van der Waals surface area contributed by atoms with Crippen LogP contribution in [0.25, 0.3) is 55.2 Å². The van der Waals surface area contributed by atoms with Crippen molar-refractivity contribution in [2.24, 2.45) is 0 Å². The molecule has 3 aromatic heterocycles. The Morgan fingerprint density at radius 1 is 0.600 bits per heavy atom. The molecule has 3 heterocycles. The highest BCUT2D eigenvalue weighted by Gasteiger charge is 2.16. The van der Waals surface area contributed by atoms with Gasteiger partial charge in [-0.2, -0.15) is 0 Å². The van der Waals surface area contributed by atoms with Crippen molar-refractivity contribution in [3.63, 3.8) is 0 Å². The van der Waals surface area contributed by atoms with Gasteiger partial charge in [0, 0.05) is 27.9 Å². The third kappa shape index (κ3) is 2.62. The van der Waals surface area contributed by atoms with Gasteiger partial charge < -0.3 is 0 Å². The lowest BCUT2D eigenvalue weighted by Crippen LogP contribution is -1.96. The first kappa shape index (κ1) is 16.7. The van der Waals surface area contributed by atoms with Gasteiger partial charge in [-0.1, -0.05) is 60.7 Å². The van der Waals surface area contributed by atoms with E-state index in [-0.39, 0.29) is 0 Å². The van der Waals surface area contributed by atoms with Gasteiger partial charge in [0.25, 0.3) is 0 Å². The van der Waals surface area contributed by atoms with Crippen molar-refractivity contribution in [2.45, 2.75) is 0 Å². The van der Waals surface area contributed by atoms with E-state index < -0.39 is 0 Å². The van der Waals surface area contributed by atoms with Crippen LogP contribution in [0, 0.1) is 6.33 Å². The molecule has 0 saturated heterocycles. The van der Waals surface area contributed by atoms with Crippen LogP contribution in [0.5, 0.6) is 0 Å². The number of nitrogens with zero attached hydrogens (tertiary/aromatic N) is 4. The summed E-state index contributed by atoms with van der Waals surface area (Å²) in [6.45, 7) is 0. The maximum absolute atomic E-state index is 4.91. The van der Waals surface area contributed by atoms with Gasteiger partial charge in [0.2, 0.25) is 0 Å². The van der Waals surface area contributed by atoms with Gasteiger partial charge in [0.05, 0.1) is 22.4 Å². The van der Waals surface area contributed by atoms with Crippen molar-refractivity contribution in [3.8, 4) is 22.6 Å². The molecule has 4 heteroatoms. The molecule has 1 radical (unpaired) electrons. The molecule has 139 valence electrons. The molecule has 0 N–H and O–H groups in total. The maximum Gasteiger partial charge on any atom is 0.199 e. The summed E-state index contributed by atoms with van der Waals surface area (Å²) in [5.74, 6) is 0. The molecule has 0 aliphatic carbocycles. The molecule has 0 unspecified atom stereocenters. The number of pyridine rings is 2. The zero-order valence-corrected chi connectivity index (χ0v) is 15.9. The summed E-state index contributed by atoms with van der Waals surface area (Å²) < 4.78 is 0. The number of hydrogen-bond acceptors (Lipinski definition) is 4. The number of hydrogen-bond donors (Lipinski definition) is 0. The fourth-order valence-corrected chi connectivity index (χ4v) is 3.98. The Balaban J connectivity index is 1.69. The van der Waals surface area contributed by atoms with E-state index in [0.29, 0.717) is 0 Å². The van der Waals surface area contributed by atoms with Gasteiger partial charge in [-0.05, 0) is 29.7 Å². The van der Waals surface area contributed by atoms with Crippen LogP contribution in [0.15, 0.2) is 91.1 Å². The zero-order chi connectivity index (χ0) is 19.9. The minimum atomic E-state index is 0.766. The number of fused-ring (bicyclic) bond motifs is 3. The molecule has 0 spiro atoms. The van der Waals surface area contributed by atoms with E-state index in [4.69, 9.17) is 4.98 Å². The minimum absolute atomic E-state index is 0.766. The van der Waals surface area contributed by atoms with Gasteiger partial charge in [0.15, 0.2) is 6.33 Å². The molecule has 3 aromatic carbocycles. The lowest BCUT2D eigenvalue weighted by Gasteiger charge is -2.11. The second-order valence-electron chi connectivity index (χ2n) is 7.14. The normalized spacial score (nSPS) is 11.3. The fourth-order valence-electron chi connectivity index (χ4n) is 3.98. The van der Waals surface area contributed by atoms with Gasteiger partial charge in [-0.3, -0.25) is 4.98 Å². The number of aromatic nitrogens is 4. The summed E-state index contributed by atoms with van der Waals surface area (Å²) in [5.41, 5.74) is 5.24. The second-order valence-corrected chi connectivity index (χ2v) is 7.14. The minimum Gasteiger partial charge on any atom is -0.254 e. The molecule has 0 bridgehead atoms. The van der Waals surface area contributed by atoms with E-state index in [9.17, 15) is 0 Å². The standard InChI is InChI=1S/C26H15N4/c1-3-8-19-17(6-1)14-15-27-25(19)26-24-20(9-5-11-23(24)28-16-29-26)22-13-12-18-7-2-4-10-21(18)30-22/h1-15H. The van der Waals surface area contributed by atoms with E-state index in [1.807, 2.05) is 60.8 Å². The van der Waals surface area contributed by atoms with E-state index in [1.54, 1.807) is 0 Å². The van der Waals surface area contributed by atoms with Crippen LogP contribution in [0.1, 0.15) is 0 Å². The average molecular weight is 383 g/mol. The largest absolute Gasteiger partial charge is 0.254 e. The monoisotopic (exact) mass is 383 g/mol. The van der Waals surface area contributed by atoms with Crippen molar-refractivity contribution in [1.29, 1.82) is 0 Å². The zero-order valence-electron chi connectivity index (χ0n) is 15.9. The third-order valence-corrected chi connectivity index (χ3v) is 5.38. The Kier molecular flexibility index (Phi) is 3.74. The van der Waals surface area contributed by atoms with Crippen molar-refractivity contribution < 1.29 is 0 Å². The maximum atomic E-state index is 4.91. The van der Waals surface area contributed by atoms with Gasteiger partial charge in [0.1, 0.15) is 5.69 Å². The first-order valence-electron chi connectivity index (χ1n) is 9.75. The molecule has 4 nitrogen and oxygen atoms in total. The Bertz CT molecular complexity index is 1550. The molecule has 0 amide bonds. The molecular formula is C26H15N4. The summed E-state index contributed by atoms with van der Waals surface area (Å²) in [5, 5.41) is 4.22. The predicted molar refractivity (Wildman–Crippen MR) is 120 cm³/mol. The molecule has 0 aliphatic rings. The Labute approximate surface area is 172 Å². The highest BCUT2D eigenvalue weighted by atomic mass is 14.9. The number of para-hydroxylation sites is 1. The van der Waals surface area contributed by atoms with Crippen molar-refractivity contribution >= 4 is 32.6 Å². The summed E-state index contributed by atoms with van der Waals surface area (Å²) in [7, 11) is 0. The molecule has 30 heavy (non-hydrogen) atoms. The molecule has 0 atom stereocenters. The smallest absolute Gasteiger partial charge is 0.199 e. The number of rotatable bonds is 2. The topological polar surface area (TPSA) is 51.6 Å². The summed E-state index contributed by atoms with van der Waals surface area (Å²) >= 11 is 0. The summed E-state index contributed by atoms with van der Waals surface area (Å²) in [6.07, 6.45) is 4.64. The van der Waals surface area contributed by atoms with E-state index >= 15 is 0 Å². The summed E-state index contributed by atoms with van der Waals surface area (Å²) in [4.78, 5) is 18.5. The fraction of sp³-hybridized carbons (Fsp3) is 0. The number of benzene rings is 3. The van der Waals surface area contributed by atoms with Crippen LogP contribution in [0.3, 0.4) is 0 Å². The van der Waals surface area contributed by atoms with Gasteiger partial charge in [-0.25, -0.2) is 15.0 Å². The van der Waals surface area contributed by atoms with E-state index in [1.165, 1.54) is 0 Å². The van der Waals surface area contributed by atoms with E-state index in [0.717, 1.165) is 55.2 Å². The highest BCUT2D eigenvalue weighted by Crippen LogP contribution is 2.35. The van der Waals surface area contributed by atoms with Gasteiger partial charge >= 0.3 is 0 Å². The Morgan fingerprint density at radius 3 is 2.40 bits per heavy atom. The second kappa shape index (κ2) is 6.71. The van der Waals surface area contributed by atoms with Crippen molar-refractivity contribution in [1.82, 2.24) is 19.9 Å². The summed E-state index contributed by atoms with van der Waals surface area (Å²) in [6, 6.07) is 28.5. The van der Waals surface area contributed by atoms with Crippen LogP contribution >= 0.6 is 0 Å². The molecule has 0 saturated carbocycles. The van der Waals surface area contributed by atoms with Crippen LogP contribution in [-0.2, 0) is 0 Å². The first-order valence-corrected chi connectivity index (χ1v) is 9.75. The SMILES string of the molecule is [c]1nc(-c2nccc3ccccc23)c2c(-c3ccc4ccccc4n3)cccc2n1. The van der Waals surface area contributed by atoms with Crippen LogP contribution in [0.2, 0.25) is 0 Å². The average Bonchev–Trinajstić information content (AvgIpc) is 2.82. The van der Waals surface area contributed by atoms with Crippen LogP contribution < -0.4 is 0 Å². The van der Waals surface area contributed by atoms with Crippen molar-refractivity contribution in [2.75, 3.05) is 0 Å².